The van der Waals surface area contributed by atoms with Crippen molar-refractivity contribution >= 4 is 15.9 Å². The number of ether oxygens (including phenoxy) is 1. The third-order valence-electron chi connectivity index (χ3n) is 2.90. The van der Waals surface area contributed by atoms with E-state index < -0.39 is 11.6 Å². The van der Waals surface area contributed by atoms with Crippen molar-refractivity contribution in [1.82, 2.24) is 0 Å². The monoisotopic (exact) mass is 301 g/mol. The second kappa shape index (κ2) is 4.61. The van der Waals surface area contributed by atoms with Crippen molar-refractivity contribution in [2.24, 2.45) is 5.41 Å². The van der Waals surface area contributed by atoms with Gasteiger partial charge in [-0.3, -0.25) is 0 Å². The summed E-state index contributed by atoms with van der Waals surface area (Å²) < 4.78 is 32.4. The van der Waals surface area contributed by atoms with E-state index in [1.54, 1.807) is 0 Å². The van der Waals surface area contributed by atoms with E-state index in [1.807, 2.05) is 0 Å². The second-order valence-electron chi connectivity index (χ2n) is 4.32. The molecule has 0 spiro atoms. The molecule has 17 heavy (non-hydrogen) atoms. The molecule has 0 bridgehead atoms. The van der Waals surface area contributed by atoms with Crippen molar-refractivity contribution in [3.05, 3.63) is 28.2 Å². The Morgan fingerprint density at radius 1 is 1.35 bits per heavy atom. The van der Waals surface area contributed by atoms with Crippen molar-refractivity contribution in [1.29, 1.82) is 5.26 Å². The first-order valence-electron chi connectivity index (χ1n) is 5.21. The van der Waals surface area contributed by atoms with Crippen molar-refractivity contribution in [2.75, 3.05) is 6.61 Å². The molecule has 2 nitrogen and oxygen atoms in total. The number of nitrogens with zero attached hydrogens (tertiary/aromatic N) is 1. The van der Waals surface area contributed by atoms with E-state index in [9.17, 15) is 8.78 Å². The predicted molar refractivity (Wildman–Crippen MR) is 61.5 cm³/mol. The summed E-state index contributed by atoms with van der Waals surface area (Å²) in [6, 6.07) is 4.38. The van der Waals surface area contributed by atoms with Gasteiger partial charge in [0.15, 0.2) is 17.4 Å². The summed E-state index contributed by atoms with van der Waals surface area (Å²) in [4.78, 5) is 0. The molecule has 0 aromatic heterocycles. The molecule has 0 aliphatic heterocycles. The summed E-state index contributed by atoms with van der Waals surface area (Å²) in [6.07, 6.45) is 2.12. The molecule has 0 heterocycles. The Labute approximate surface area is 106 Å². The fourth-order valence-electron chi connectivity index (χ4n) is 1.61. The van der Waals surface area contributed by atoms with Gasteiger partial charge in [-0.1, -0.05) is 15.9 Å². The Morgan fingerprint density at radius 2 is 1.94 bits per heavy atom. The molecule has 1 aromatic rings. The van der Waals surface area contributed by atoms with Gasteiger partial charge in [-0.25, -0.2) is 8.78 Å². The average molecular weight is 302 g/mol. The minimum Gasteiger partial charge on any atom is -0.487 e. The Hall–Kier alpha value is -1.15. The van der Waals surface area contributed by atoms with Crippen LogP contribution in [-0.2, 0) is 0 Å². The van der Waals surface area contributed by atoms with Gasteiger partial charge in [-0.15, -0.1) is 0 Å². The minimum atomic E-state index is -0.732. The van der Waals surface area contributed by atoms with E-state index in [2.05, 4.69) is 22.0 Å². The van der Waals surface area contributed by atoms with Gasteiger partial charge >= 0.3 is 0 Å². The quantitative estimate of drug-likeness (QED) is 0.847. The fourth-order valence-corrected chi connectivity index (χ4v) is 2.01. The molecule has 2 rings (SSSR count). The van der Waals surface area contributed by atoms with Gasteiger partial charge in [0.2, 0.25) is 0 Å². The zero-order chi connectivity index (χ0) is 12.5. The van der Waals surface area contributed by atoms with Crippen LogP contribution in [0.5, 0.6) is 5.75 Å². The third kappa shape index (κ3) is 2.75. The highest BCUT2D eigenvalue weighted by atomic mass is 79.9. The van der Waals surface area contributed by atoms with E-state index in [0.717, 1.165) is 25.0 Å². The molecule has 0 atom stereocenters. The predicted octanol–water partition coefficient (Wildman–Crippen LogP) is 3.80. The lowest BCUT2D eigenvalue weighted by atomic mass is 10.1. The van der Waals surface area contributed by atoms with E-state index in [-0.39, 0.29) is 17.8 Å². The van der Waals surface area contributed by atoms with Crippen LogP contribution in [0.3, 0.4) is 0 Å². The summed E-state index contributed by atoms with van der Waals surface area (Å²) >= 11 is 3.00. The normalized spacial score (nSPS) is 16.4. The maximum Gasteiger partial charge on any atom is 0.190 e. The molecule has 5 heteroatoms. The number of rotatable bonds is 4. The largest absolute Gasteiger partial charge is 0.487 e. The Kier molecular flexibility index (Phi) is 3.34. The summed E-state index contributed by atoms with van der Waals surface area (Å²) in [5, 5.41) is 8.62. The molecular formula is C12H10BrF2NO. The van der Waals surface area contributed by atoms with Crippen LogP contribution in [0.1, 0.15) is 19.3 Å². The number of hydrogen-bond donors (Lipinski definition) is 0. The van der Waals surface area contributed by atoms with Crippen LogP contribution >= 0.6 is 15.9 Å². The fraction of sp³-hybridized carbons (Fsp3) is 0.417. The van der Waals surface area contributed by atoms with Crippen LogP contribution in [0, 0.1) is 28.4 Å². The highest BCUT2D eigenvalue weighted by molar-refractivity contribution is 9.10. The maximum absolute atomic E-state index is 13.4. The van der Waals surface area contributed by atoms with Gasteiger partial charge in [-0.2, -0.15) is 5.26 Å². The first-order valence-corrected chi connectivity index (χ1v) is 6.00. The Balaban J connectivity index is 2.07. The molecule has 1 saturated carbocycles. The van der Waals surface area contributed by atoms with E-state index in [4.69, 9.17) is 10.00 Å². The molecule has 1 aromatic carbocycles. The SMILES string of the molecule is N#CCC1(COc2c(F)cc(Br)cc2F)CC1. The molecular weight excluding hydrogens is 292 g/mol. The molecule has 0 radical (unpaired) electrons. The molecule has 0 amide bonds. The van der Waals surface area contributed by atoms with Gasteiger partial charge in [0.1, 0.15) is 0 Å². The summed E-state index contributed by atoms with van der Waals surface area (Å²) in [7, 11) is 0. The molecule has 1 aliphatic carbocycles. The minimum absolute atomic E-state index is 0.191. The van der Waals surface area contributed by atoms with Gasteiger partial charge in [0, 0.05) is 16.3 Å². The number of benzene rings is 1. The third-order valence-corrected chi connectivity index (χ3v) is 3.35. The van der Waals surface area contributed by atoms with Crippen molar-refractivity contribution in [3.8, 4) is 11.8 Å². The van der Waals surface area contributed by atoms with Gasteiger partial charge in [-0.05, 0) is 25.0 Å². The van der Waals surface area contributed by atoms with E-state index in [1.165, 1.54) is 0 Å². The lowest BCUT2D eigenvalue weighted by molar-refractivity contribution is 0.218. The summed E-state index contributed by atoms with van der Waals surface area (Å²) in [5.41, 5.74) is -0.194. The number of hydrogen-bond acceptors (Lipinski definition) is 2. The Morgan fingerprint density at radius 3 is 2.41 bits per heavy atom. The maximum atomic E-state index is 13.4. The van der Waals surface area contributed by atoms with Crippen LogP contribution in [0.25, 0.3) is 0 Å². The van der Waals surface area contributed by atoms with Gasteiger partial charge in [0.05, 0.1) is 12.7 Å². The topological polar surface area (TPSA) is 33.0 Å². The molecule has 1 fully saturated rings. The average Bonchev–Trinajstić information content (AvgIpc) is 2.97. The van der Waals surface area contributed by atoms with E-state index in [0.29, 0.717) is 10.9 Å². The van der Waals surface area contributed by atoms with Crippen molar-refractivity contribution in [2.45, 2.75) is 19.3 Å². The van der Waals surface area contributed by atoms with Crippen LogP contribution < -0.4 is 4.74 Å². The smallest absolute Gasteiger partial charge is 0.190 e. The van der Waals surface area contributed by atoms with Crippen LogP contribution in [-0.4, -0.2) is 6.61 Å². The highest BCUT2D eigenvalue weighted by Crippen LogP contribution is 2.48. The van der Waals surface area contributed by atoms with Crippen LogP contribution in [0.4, 0.5) is 8.78 Å². The van der Waals surface area contributed by atoms with Crippen LogP contribution in [0.15, 0.2) is 16.6 Å². The first kappa shape index (κ1) is 12.3. The van der Waals surface area contributed by atoms with Crippen molar-refractivity contribution in [3.63, 3.8) is 0 Å². The Bertz CT molecular complexity index is 457. The molecule has 0 saturated heterocycles. The van der Waals surface area contributed by atoms with Crippen molar-refractivity contribution < 1.29 is 13.5 Å². The lowest BCUT2D eigenvalue weighted by Crippen LogP contribution is -2.13. The van der Waals surface area contributed by atoms with E-state index >= 15 is 0 Å². The standard InChI is InChI=1S/C12H10BrF2NO/c13-8-5-9(14)11(10(15)6-8)17-7-12(1-2-12)3-4-16/h5-6H,1-3,7H2. The summed E-state index contributed by atoms with van der Waals surface area (Å²) in [6.45, 7) is 0.191. The molecule has 90 valence electrons. The first-order chi connectivity index (χ1) is 8.06. The second-order valence-corrected chi connectivity index (χ2v) is 5.24. The zero-order valence-corrected chi connectivity index (χ0v) is 10.6. The lowest BCUT2D eigenvalue weighted by Gasteiger charge is -2.14. The van der Waals surface area contributed by atoms with Crippen LogP contribution in [0.2, 0.25) is 0 Å². The molecule has 0 N–H and O–H groups in total. The van der Waals surface area contributed by atoms with Gasteiger partial charge < -0.3 is 4.74 Å². The number of halogens is 3. The number of nitriles is 1. The molecule has 1 aliphatic rings. The summed E-state index contributed by atoms with van der Waals surface area (Å²) in [5.74, 6) is -1.83. The van der Waals surface area contributed by atoms with Gasteiger partial charge in [0.25, 0.3) is 0 Å². The zero-order valence-electron chi connectivity index (χ0n) is 8.97. The molecule has 0 unspecified atom stereocenters. The highest BCUT2D eigenvalue weighted by Gasteiger charge is 2.43.